The average Bonchev–Trinajstić information content (AvgIpc) is 2.82. The Bertz CT molecular complexity index is 625. The van der Waals surface area contributed by atoms with E-state index in [1.165, 1.54) is 14.0 Å². The summed E-state index contributed by atoms with van der Waals surface area (Å²) in [6.45, 7) is 0.0111. The third-order valence-electron chi connectivity index (χ3n) is 6.27. The molecule has 0 aromatic heterocycles. The molecule has 0 aromatic carbocycles. The summed E-state index contributed by atoms with van der Waals surface area (Å²) in [6.07, 6.45) is -22.8. The third-order valence-corrected chi connectivity index (χ3v) is 6.27. The zero-order valence-corrected chi connectivity index (χ0v) is 18.5. The van der Waals surface area contributed by atoms with Crippen LogP contribution < -0.4 is 0 Å². The number of aliphatic hydroxyl groups excluding tert-OH is 9. The lowest BCUT2D eigenvalue weighted by Crippen LogP contribution is -2.66. The SMILES string of the molecule is CO[C@H]1O[C@H](CO)[C@H](O)[C@H](O[C@@H]2O[C@H](CO)[C@H](O)[C@H](O)[C@H]2O[C@@H]2O[C@@H](C)[C@@H](O)[C@@H](O)[C@@H]2O)[C@H]1O. The van der Waals surface area contributed by atoms with E-state index in [1.54, 1.807) is 0 Å². The Morgan fingerprint density at radius 2 is 1.12 bits per heavy atom. The Hall–Kier alpha value is -0.600. The predicted molar refractivity (Wildman–Crippen MR) is 105 cm³/mol. The minimum atomic E-state index is -1.79. The average molecular weight is 502 g/mol. The van der Waals surface area contributed by atoms with Crippen LogP contribution in [0.5, 0.6) is 0 Å². The molecule has 3 aliphatic heterocycles. The van der Waals surface area contributed by atoms with Crippen LogP contribution in [0, 0.1) is 0 Å². The van der Waals surface area contributed by atoms with Gasteiger partial charge in [0.1, 0.15) is 67.1 Å². The second-order valence-corrected chi connectivity index (χ2v) is 8.53. The lowest BCUT2D eigenvalue weighted by Gasteiger charge is -2.48. The number of methoxy groups -OCH3 is 1. The number of aliphatic hydroxyl groups is 9. The van der Waals surface area contributed by atoms with Crippen molar-refractivity contribution in [2.45, 2.75) is 99.0 Å². The van der Waals surface area contributed by atoms with Crippen molar-refractivity contribution in [1.82, 2.24) is 0 Å². The van der Waals surface area contributed by atoms with Gasteiger partial charge in [0.05, 0.1) is 19.3 Å². The van der Waals surface area contributed by atoms with Crippen LogP contribution in [0.3, 0.4) is 0 Å². The molecule has 3 aliphatic rings. The first-order valence-corrected chi connectivity index (χ1v) is 10.8. The summed E-state index contributed by atoms with van der Waals surface area (Å²) >= 11 is 0. The lowest BCUT2D eigenvalue weighted by molar-refractivity contribution is -0.387. The van der Waals surface area contributed by atoms with Crippen LogP contribution in [-0.4, -0.2) is 158 Å². The van der Waals surface area contributed by atoms with Crippen LogP contribution in [0.15, 0.2) is 0 Å². The first kappa shape index (κ1) is 28.0. The molecule has 3 rings (SSSR count). The molecule has 3 heterocycles. The zero-order valence-electron chi connectivity index (χ0n) is 18.5. The van der Waals surface area contributed by atoms with E-state index >= 15 is 0 Å². The second kappa shape index (κ2) is 11.6. The van der Waals surface area contributed by atoms with E-state index in [1.807, 2.05) is 0 Å². The summed E-state index contributed by atoms with van der Waals surface area (Å²) in [6, 6.07) is 0. The van der Waals surface area contributed by atoms with Gasteiger partial charge in [-0.1, -0.05) is 0 Å². The summed E-state index contributed by atoms with van der Waals surface area (Å²) in [5.41, 5.74) is 0. The van der Waals surface area contributed by atoms with Crippen molar-refractivity contribution in [3.05, 3.63) is 0 Å². The molecule has 9 N–H and O–H groups in total. The molecular weight excluding hydrogens is 468 g/mol. The Morgan fingerprint density at radius 1 is 0.559 bits per heavy atom. The van der Waals surface area contributed by atoms with Gasteiger partial charge in [-0.05, 0) is 6.92 Å². The van der Waals surface area contributed by atoms with Crippen LogP contribution in [0.4, 0.5) is 0 Å². The van der Waals surface area contributed by atoms with Crippen molar-refractivity contribution < 1.29 is 74.4 Å². The van der Waals surface area contributed by atoms with Crippen LogP contribution in [0.2, 0.25) is 0 Å². The van der Waals surface area contributed by atoms with Gasteiger partial charge in [0, 0.05) is 7.11 Å². The highest BCUT2D eigenvalue weighted by Gasteiger charge is 2.53. The molecule has 34 heavy (non-hydrogen) atoms. The third kappa shape index (κ3) is 5.39. The van der Waals surface area contributed by atoms with E-state index in [0.29, 0.717) is 0 Å². The van der Waals surface area contributed by atoms with E-state index in [9.17, 15) is 46.0 Å². The maximum Gasteiger partial charge on any atom is 0.187 e. The summed E-state index contributed by atoms with van der Waals surface area (Å²) in [7, 11) is 1.21. The van der Waals surface area contributed by atoms with Gasteiger partial charge in [-0.3, -0.25) is 0 Å². The number of hydrogen-bond donors (Lipinski definition) is 9. The Balaban J connectivity index is 1.84. The van der Waals surface area contributed by atoms with Crippen molar-refractivity contribution in [3.63, 3.8) is 0 Å². The van der Waals surface area contributed by atoms with Gasteiger partial charge in [0.25, 0.3) is 0 Å². The summed E-state index contributed by atoms with van der Waals surface area (Å²) in [5, 5.41) is 91.2. The second-order valence-electron chi connectivity index (χ2n) is 8.53. The Kier molecular flexibility index (Phi) is 9.57. The van der Waals surface area contributed by atoms with E-state index in [-0.39, 0.29) is 0 Å². The number of ether oxygens (including phenoxy) is 6. The predicted octanol–water partition coefficient (Wildman–Crippen LogP) is -5.89. The van der Waals surface area contributed by atoms with E-state index in [2.05, 4.69) is 0 Å². The zero-order chi connectivity index (χ0) is 25.3. The molecule has 0 spiro atoms. The minimum Gasteiger partial charge on any atom is -0.394 e. The molecule has 3 fully saturated rings. The van der Waals surface area contributed by atoms with Crippen molar-refractivity contribution in [2.75, 3.05) is 20.3 Å². The Labute approximate surface area is 194 Å². The normalized spacial score (nSPS) is 52.5. The molecule has 15 nitrogen and oxygen atoms in total. The van der Waals surface area contributed by atoms with Gasteiger partial charge in [-0.15, -0.1) is 0 Å². The van der Waals surface area contributed by atoms with Crippen molar-refractivity contribution in [1.29, 1.82) is 0 Å². The van der Waals surface area contributed by atoms with Crippen LogP contribution in [0.1, 0.15) is 6.92 Å². The number of hydrogen-bond acceptors (Lipinski definition) is 15. The summed E-state index contributed by atoms with van der Waals surface area (Å²) in [5.74, 6) is 0. The van der Waals surface area contributed by atoms with Gasteiger partial charge in [-0.25, -0.2) is 0 Å². The lowest BCUT2D eigenvalue weighted by atomic mass is 9.96. The smallest absolute Gasteiger partial charge is 0.187 e. The fraction of sp³-hybridized carbons (Fsp3) is 1.00. The minimum absolute atomic E-state index is 0.653. The molecule has 0 amide bonds. The highest BCUT2D eigenvalue weighted by atomic mass is 16.8. The molecule has 0 saturated carbocycles. The fourth-order valence-electron chi connectivity index (χ4n) is 4.15. The summed E-state index contributed by atoms with van der Waals surface area (Å²) in [4.78, 5) is 0. The van der Waals surface area contributed by atoms with E-state index in [4.69, 9.17) is 28.4 Å². The molecule has 15 atom stereocenters. The first-order valence-electron chi connectivity index (χ1n) is 10.8. The number of rotatable bonds is 7. The van der Waals surface area contributed by atoms with Crippen molar-refractivity contribution in [2.24, 2.45) is 0 Å². The monoisotopic (exact) mass is 502 g/mol. The molecule has 0 aliphatic carbocycles. The van der Waals surface area contributed by atoms with Crippen molar-refractivity contribution in [3.8, 4) is 0 Å². The molecular formula is C19H34O15. The van der Waals surface area contributed by atoms with Crippen molar-refractivity contribution >= 4 is 0 Å². The molecule has 200 valence electrons. The highest BCUT2D eigenvalue weighted by molar-refractivity contribution is 4.96. The fourth-order valence-corrected chi connectivity index (χ4v) is 4.15. The van der Waals surface area contributed by atoms with Crippen LogP contribution in [0.25, 0.3) is 0 Å². The molecule has 0 bridgehead atoms. The van der Waals surface area contributed by atoms with E-state index in [0.717, 1.165) is 0 Å². The van der Waals surface area contributed by atoms with Crippen LogP contribution >= 0.6 is 0 Å². The molecule has 0 unspecified atom stereocenters. The molecule has 3 saturated heterocycles. The quantitative estimate of drug-likeness (QED) is 0.157. The Morgan fingerprint density at radius 3 is 1.71 bits per heavy atom. The van der Waals surface area contributed by atoms with Crippen LogP contribution in [-0.2, 0) is 28.4 Å². The molecule has 15 heteroatoms. The molecule has 0 aromatic rings. The van der Waals surface area contributed by atoms with Gasteiger partial charge in [-0.2, -0.15) is 0 Å². The van der Waals surface area contributed by atoms with E-state index < -0.39 is 105 Å². The topological polar surface area (TPSA) is 237 Å². The van der Waals surface area contributed by atoms with Gasteiger partial charge >= 0.3 is 0 Å². The maximum atomic E-state index is 10.7. The van der Waals surface area contributed by atoms with Gasteiger partial charge in [0.2, 0.25) is 0 Å². The molecule has 0 radical (unpaired) electrons. The first-order chi connectivity index (χ1) is 16.0. The largest absolute Gasteiger partial charge is 0.394 e. The van der Waals surface area contributed by atoms with Gasteiger partial charge < -0.3 is 74.4 Å². The highest BCUT2D eigenvalue weighted by Crippen LogP contribution is 2.32. The summed E-state index contributed by atoms with van der Waals surface area (Å²) < 4.78 is 32.4. The maximum absolute atomic E-state index is 10.7. The van der Waals surface area contributed by atoms with Gasteiger partial charge in [0.15, 0.2) is 18.9 Å². The standard InChI is InChI=1S/C19H34O15/c1-5-8(22)11(25)13(27)18(30-5)34-16-12(26)9(23)6(3-20)32-19(16)33-15-10(24)7(4-21)31-17(29-2)14(15)28/h5-28H,3-4H2,1-2H3/t5-,6+,7+,8+,9-,10-,11+,12-,13-,14+,15-,16+,17-,18-,19-/m0/s1.